The monoisotopic (exact) mass is 300 g/mol. The molecule has 0 unspecified atom stereocenters. The highest BCUT2D eigenvalue weighted by molar-refractivity contribution is 5.95. The largest absolute Gasteiger partial charge is 0.466 e. The van der Waals surface area contributed by atoms with Crippen molar-refractivity contribution in [3.63, 3.8) is 0 Å². The van der Waals surface area contributed by atoms with E-state index in [0.717, 1.165) is 35.0 Å². The van der Waals surface area contributed by atoms with Gasteiger partial charge < -0.3 is 15.8 Å². The molecular formula is C18H24N2O2. The van der Waals surface area contributed by atoms with Crippen LogP contribution in [-0.2, 0) is 9.53 Å². The normalized spacial score (nSPS) is 12.1. The average molecular weight is 300 g/mol. The molecule has 2 aromatic rings. The van der Waals surface area contributed by atoms with Gasteiger partial charge in [-0.3, -0.25) is 4.79 Å². The first-order valence-corrected chi connectivity index (χ1v) is 7.84. The van der Waals surface area contributed by atoms with Crippen molar-refractivity contribution in [3.05, 3.63) is 36.4 Å². The fourth-order valence-corrected chi connectivity index (χ4v) is 2.60. The molecule has 3 N–H and O–H groups in total. The molecule has 0 aliphatic rings. The molecule has 2 aromatic carbocycles. The summed E-state index contributed by atoms with van der Waals surface area (Å²) >= 11 is 0. The molecule has 0 fully saturated rings. The zero-order valence-electron chi connectivity index (χ0n) is 13.3. The zero-order chi connectivity index (χ0) is 15.9. The zero-order valence-corrected chi connectivity index (χ0v) is 13.3. The van der Waals surface area contributed by atoms with E-state index in [-0.39, 0.29) is 11.9 Å². The van der Waals surface area contributed by atoms with Gasteiger partial charge in [-0.05, 0) is 30.9 Å². The van der Waals surface area contributed by atoms with Gasteiger partial charge in [0.05, 0.1) is 12.5 Å². The SMILES string of the molecule is CCC[C@@H](CNc1cc(N)c2ccccc2c1)C(=O)OCC. The number of rotatable bonds is 7. The molecule has 0 spiro atoms. The van der Waals surface area contributed by atoms with Crippen LogP contribution in [-0.4, -0.2) is 19.1 Å². The van der Waals surface area contributed by atoms with Crippen LogP contribution in [0.25, 0.3) is 10.8 Å². The summed E-state index contributed by atoms with van der Waals surface area (Å²) in [7, 11) is 0. The summed E-state index contributed by atoms with van der Waals surface area (Å²) in [5.41, 5.74) is 7.77. The van der Waals surface area contributed by atoms with Gasteiger partial charge in [0, 0.05) is 23.3 Å². The van der Waals surface area contributed by atoms with E-state index in [9.17, 15) is 4.79 Å². The minimum atomic E-state index is -0.134. The van der Waals surface area contributed by atoms with Gasteiger partial charge in [0.1, 0.15) is 0 Å². The van der Waals surface area contributed by atoms with Crippen molar-refractivity contribution in [1.82, 2.24) is 0 Å². The Morgan fingerprint density at radius 2 is 2.05 bits per heavy atom. The maximum Gasteiger partial charge on any atom is 0.310 e. The number of ether oxygens (including phenoxy) is 1. The highest BCUT2D eigenvalue weighted by Gasteiger charge is 2.18. The number of hydrogen-bond acceptors (Lipinski definition) is 4. The van der Waals surface area contributed by atoms with Crippen LogP contribution in [0, 0.1) is 5.92 Å². The van der Waals surface area contributed by atoms with E-state index < -0.39 is 0 Å². The fraction of sp³-hybridized carbons (Fsp3) is 0.389. The number of carbonyl (C=O) groups is 1. The molecule has 4 heteroatoms. The highest BCUT2D eigenvalue weighted by atomic mass is 16.5. The Hall–Kier alpha value is -2.23. The predicted octanol–water partition coefficient (Wildman–Crippen LogP) is 3.81. The first-order valence-electron chi connectivity index (χ1n) is 7.84. The highest BCUT2D eigenvalue weighted by Crippen LogP contribution is 2.26. The topological polar surface area (TPSA) is 64.3 Å². The molecule has 0 aromatic heterocycles. The second kappa shape index (κ2) is 7.69. The van der Waals surface area contributed by atoms with Crippen LogP contribution in [0.15, 0.2) is 36.4 Å². The minimum Gasteiger partial charge on any atom is -0.466 e. The molecule has 118 valence electrons. The maximum atomic E-state index is 11.9. The molecule has 0 amide bonds. The van der Waals surface area contributed by atoms with Gasteiger partial charge in [-0.1, -0.05) is 37.6 Å². The first-order chi connectivity index (χ1) is 10.7. The Morgan fingerprint density at radius 1 is 1.27 bits per heavy atom. The number of anilines is 2. The lowest BCUT2D eigenvalue weighted by Crippen LogP contribution is -2.25. The molecule has 4 nitrogen and oxygen atoms in total. The third-order valence-corrected chi connectivity index (χ3v) is 3.70. The molecule has 2 rings (SSSR count). The van der Waals surface area contributed by atoms with Gasteiger partial charge in [0.15, 0.2) is 0 Å². The van der Waals surface area contributed by atoms with Gasteiger partial charge >= 0.3 is 5.97 Å². The minimum absolute atomic E-state index is 0.127. The number of esters is 1. The van der Waals surface area contributed by atoms with Crippen LogP contribution < -0.4 is 11.1 Å². The Labute approximate surface area is 131 Å². The summed E-state index contributed by atoms with van der Waals surface area (Å²) in [6, 6.07) is 12.0. The van der Waals surface area contributed by atoms with E-state index in [1.54, 1.807) is 0 Å². The lowest BCUT2D eigenvalue weighted by Gasteiger charge is -2.17. The van der Waals surface area contributed by atoms with Crippen LogP contribution in [0.4, 0.5) is 11.4 Å². The van der Waals surface area contributed by atoms with Crippen LogP contribution >= 0.6 is 0 Å². The smallest absolute Gasteiger partial charge is 0.310 e. The molecule has 1 atom stereocenters. The van der Waals surface area contributed by atoms with E-state index in [4.69, 9.17) is 10.5 Å². The summed E-state index contributed by atoms with van der Waals surface area (Å²) in [6.45, 7) is 4.88. The van der Waals surface area contributed by atoms with Gasteiger partial charge in [-0.25, -0.2) is 0 Å². The third kappa shape index (κ3) is 3.91. The average Bonchev–Trinajstić information content (AvgIpc) is 2.51. The first kappa shape index (κ1) is 16.1. The third-order valence-electron chi connectivity index (χ3n) is 3.70. The predicted molar refractivity (Wildman–Crippen MR) is 91.9 cm³/mol. The Bertz CT molecular complexity index is 640. The van der Waals surface area contributed by atoms with Gasteiger partial charge in [0.25, 0.3) is 0 Å². The number of nitrogens with one attached hydrogen (secondary N) is 1. The number of benzene rings is 2. The Morgan fingerprint density at radius 3 is 2.77 bits per heavy atom. The summed E-state index contributed by atoms with van der Waals surface area (Å²) in [5, 5.41) is 5.46. The van der Waals surface area contributed by atoms with E-state index in [2.05, 4.69) is 18.3 Å². The fourth-order valence-electron chi connectivity index (χ4n) is 2.60. The molecule has 22 heavy (non-hydrogen) atoms. The van der Waals surface area contributed by atoms with Crippen molar-refractivity contribution in [1.29, 1.82) is 0 Å². The van der Waals surface area contributed by atoms with Gasteiger partial charge in [-0.2, -0.15) is 0 Å². The van der Waals surface area contributed by atoms with Crippen LogP contribution in [0.5, 0.6) is 0 Å². The molecule has 0 aliphatic heterocycles. The standard InChI is InChI=1S/C18H24N2O2/c1-3-7-14(18(21)22-4-2)12-20-15-10-13-8-5-6-9-16(13)17(19)11-15/h5-6,8-11,14,20H,3-4,7,12,19H2,1-2H3/t14-/m0/s1. The van der Waals surface area contributed by atoms with Gasteiger partial charge in [-0.15, -0.1) is 0 Å². The van der Waals surface area contributed by atoms with Crippen molar-refractivity contribution >= 4 is 28.1 Å². The van der Waals surface area contributed by atoms with Crippen LogP contribution in [0.3, 0.4) is 0 Å². The number of carbonyl (C=O) groups excluding carboxylic acids is 1. The van der Waals surface area contributed by atoms with Crippen molar-refractivity contribution < 1.29 is 9.53 Å². The number of nitrogens with two attached hydrogens (primary N) is 1. The molecule has 0 saturated heterocycles. The molecule has 0 heterocycles. The summed E-state index contributed by atoms with van der Waals surface area (Å²) in [5.74, 6) is -0.261. The van der Waals surface area contributed by atoms with Crippen molar-refractivity contribution in [2.75, 3.05) is 24.2 Å². The second-order valence-corrected chi connectivity index (χ2v) is 5.41. The van der Waals surface area contributed by atoms with Crippen LogP contribution in [0.2, 0.25) is 0 Å². The maximum absolute atomic E-state index is 11.9. The van der Waals surface area contributed by atoms with Crippen molar-refractivity contribution in [3.8, 4) is 0 Å². The molecule has 0 saturated carbocycles. The molecule has 0 radical (unpaired) electrons. The van der Waals surface area contributed by atoms with E-state index in [1.165, 1.54) is 0 Å². The number of hydrogen-bond donors (Lipinski definition) is 2. The Balaban J connectivity index is 2.10. The Kier molecular flexibility index (Phi) is 5.64. The van der Waals surface area contributed by atoms with E-state index >= 15 is 0 Å². The van der Waals surface area contributed by atoms with E-state index in [1.807, 2.05) is 37.3 Å². The van der Waals surface area contributed by atoms with E-state index in [0.29, 0.717) is 13.2 Å². The molecule has 0 aliphatic carbocycles. The number of nitrogen functional groups attached to an aromatic ring is 1. The lowest BCUT2D eigenvalue weighted by molar-refractivity contribution is -0.147. The quantitative estimate of drug-likeness (QED) is 0.603. The van der Waals surface area contributed by atoms with Crippen molar-refractivity contribution in [2.45, 2.75) is 26.7 Å². The second-order valence-electron chi connectivity index (χ2n) is 5.41. The summed E-state index contributed by atoms with van der Waals surface area (Å²) in [6.07, 6.45) is 1.76. The van der Waals surface area contributed by atoms with Gasteiger partial charge in [0.2, 0.25) is 0 Å². The van der Waals surface area contributed by atoms with Crippen LogP contribution in [0.1, 0.15) is 26.7 Å². The van der Waals surface area contributed by atoms with Crippen molar-refractivity contribution in [2.24, 2.45) is 5.92 Å². The molecular weight excluding hydrogens is 276 g/mol. The summed E-state index contributed by atoms with van der Waals surface area (Å²) in [4.78, 5) is 11.9. The molecule has 0 bridgehead atoms. The summed E-state index contributed by atoms with van der Waals surface area (Å²) < 4.78 is 5.14. The lowest BCUT2D eigenvalue weighted by atomic mass is 10.0. The number of fused-ring (bicyclic) bond motifs is 1.